The van der Waals surface area contributed by atoms with Gasteiger partial charge in [-0.2, -0.15) is 0 Å². The summed E-state index contributed by atoms with van der Waals surface area (Å²) in [7, 11) is -3.69. The van der Waals surface area contributed by atoms with Gasteiger partial charge in [0.2, 0.25) is 10.0 Å². The molecule has 0 aliphatic carbocycles. The Morgan fingerprint density at radius 3 is 2.32 bits per heavy atom. The minimum absolute atomic E-state index is 0.0348. The molecule has 1 aromatic rings. The summed E-state index contributed by atoms with van der Waals surface area (Å²) in [6.45, 7) is 7.27. The smallest absolute Gasteiger partial charge is 0.345 e. The lowest BCUT2D eigenvalue weighted by Gasteiger charge is -2.27. The summed E-state index contributed by atoms with van der Waals surface area (Å²) >= 11 is 0.972. The van der Waals surface area contributed by atoms with Gasteiger partial charge in [0.05, 0.1) is 4.90 Å². The van der Waals surface area contributed by atoms with Crippen LogP contribution in [0, 0.1) is 6.92 Å². The first-order valence-electron chi connectivity index (χ1n) is 6.03. The van der Waals surface area contributed by atoms with Crippen molar-refractivity contribution in [1.82, 2.24) is 4.72 Å². The van der Waals surface area contributed by atoms with Crippen molar-refractivity contribution < 1.29 is 18.3 Å². The molecule has 0 spiro atoms. The van der Waals surface area contributed by atoms with Gasteiger partial charge < -0.3 is 5.11 Å². The van der Waals surface area contributed by atoms with E-state index in [0.29, 0.717) is 17.7 Å². The van der Waals surface area contributed by atoms with E-state index in [2.05, 4.69) is 4.72 Å². The van der Waals surface area contributed by atoms with Crippen LogP contribution >= 0.6 is 11.3 Å². The molecule has 5 nitrogen and oxygen atoms in total. The number of carboxylic acid groups (broad SMARTS) is 1. The average molecular weight is 305 g/mol. The van der Waals surface area contributed by atoms with E-state index in [1.165, 1.54) is 6.07 Å². The Balaban J connectivity index is 3.18. The van der Waals surface area contributed by atoms with Crippen molar-refractivity contribution in [3.63, 3.8) is 0 Å². The minimum atomic E-state index is -3.69. The number of aromatic carboxylic acids is 1. The van der Waals surface area contributed by atoms with Gasteiger partial charge in [-0.1, -0.05) is 13.8 Å². The van der Waals surface area contributed by atoms with Gasteiger partial charge in [0, 0.05) is 10.4 Å². The summed E-state index contributed by atoms with van der Waals surface area (Å²) < 4.78 is 27.3. The third-order valence-corrected chi connectivity index (χ3v) is 6.25. The Morgan fingerprint density at radius 1 is 1.42 bits per heavy atom. The van der Waals surface area contributed by atoms with Gasteiger partial charge in [0.1, 0.15) is 4.88 Å². The van der Waals surface area contributed by atoms with E-state index in [1.807, 2.05) is 20.8 Å². The summed E-state index contributed by atoms with van der Waals surface area (Å²) in [4.78, 5) is 11.5. The fourth-order valence-electron chi connectivity index (χ4n) is 1.61. The lowest BCUT2D eigenvalue weighted by Crippen LogP contribution is -2.44. The Bertz CT molecular complexity index is 571. The average Bonchev–Trinajstić information content (AvgIpc) is 2.71. The molecule has 0 saturated heterocycles. The molecule has 0 fully saturated rings. The highest BCUT2D eigenvalue weighted by molar-refractivity contribution is 7.89. The molecule has 0 atom stereocenters. The van der Waals surface area contributed by atoms with Crippen LogP contribution in [-0.2, 0) is 10.0 Å². The quantitative estimate of drug-likeness (QED) is 0.846. The number of carboxylic acids is 1. The summed E-state index contributed by atoms with van der Waals surface area (Å²) in [6, 6.07) is 1.22. The minimum Gasteiger partial charge on any atom is -0.477 e. The van der Waals surface area contributed by atoms with Crippen molar-refractivity contribution in [1.29, 1.82) is 0 Å². The Kier molecular flexibility index (Phi) is 4.76. The van der Waals surface area contributed by atoms with Crippen LogP contribution in [0.4, 0.5) is 0 Å². The molecule has 7 heteroatoms. The van der Waals surface area contributed by atoms with Crippen molar-refractivity contribution in [2.24, 2.45) is 0 Å². The first kappa shape index (κ1) is 16.1. The Morgan fingerprint density at radius 2 is 1.95 bits per heavy atom. The zero-order valence-electron chi connectivity index (χ0n) is 11.5. The predicted octanol–water partition coefficient (Wildman–Crippen LogP) is 2.61. The number of carbonyl (C=O) groups is 1. The van der Waals surface area contributed by atoms with Gasteiger partial charge in [-0.3, -0.25) is 0 Å². The molecule has 0 radical (unpaired) electrons. The number of aryl methyl sites for hydroxylation is 1. The van der Waals surface area contributed by atoms with Crippen molar-refractivity contribution in [2.75, 3.05) is 0 Å². The first-order valence-corrected chi connectivity index (χ1v) is 8.33. The Hall–Kier alpha value is -0.920. The van der Waals surface area contributed by atoms with E-state index in [0.717, 1.165) is 11.3 Å². The molecule has 0 aliphatic heterocycles. The van der Waals surface area contributed by atoms with Crippen LogP contribution in [0.15, 0.2) is 11.0 Å². The van der Waals surface area contributed by atoms with Gasteiger partial charge in [0.15, 0.2) is 0 Å². The van der Waals surface area contributed by atoms with E-state index in [4.69, 9.17) is 5.11 Å². The lowest BCUT2D eigenvalue weighted by atomic mass is 9.98. The fraction of sp³-hybridized carbons (Fsp3) is 0.583. The highest BCUT2D eigenvalue weighted by atomic mass is 32.2. The molecule has 108 valence electrons. The molecule has 2 N–H and O–H groups in total. The maximum absolute atomic E-state index is 12.3. The number of thiophene rings is 1. The number of hydrogen-bond donors (Lipinski definition) is 2. The standard InChI is InChI=1S/C12H19NO4S2/c1-5-12(4,6-2)13-19(16,17)10-7-9(11(14)15)18-8(10)3/h7,13H,5-6H2,1-4H3,(H,14,15). The molecule has 0 saturated carbocycles. The molecular weight excluding hydrogens is 286 g/mol. The summed E-state index contributed by atoms with van der Waals surface area (Å²) in [5.74, 6) is -1.11. The molecule has 0 aliphatic rings. The highest BCUT2D eigenvalue weighted by Crippen LogP contribution is 2.27. The lowest BCUT2D eigenvalue weighted by molar-refractivity contribution is 0.0702. The van der Waals surface area contributed by atoms with Crippen molar-refractivity contribution in [3.8, 4) is 0 Å². The Labute approximate surface area is 117 Å². The van der Waals surface area contributed by atoms with E-state index in [9.17, 15) is 13.2 Å². The zero-order chi connectivity index (χ0) is 14.8. The van der Waals surface area contributed by atoms with Gasteiger partial charge in [-0.05, 0) is 32.8 Å². The molecule has 0 aromatic carbocycles. The van der Waals surface area contributed by atoms with E-state index in [-0.39, 0.29) is 9.77 Å². The monoisotopic (exact) mass is 305 g/mol. The van der Waals surface area contributed by atoms with Crippen molar-refractivity contribution in [2.45, 2.75) is 51.0 Å². The van der Waals surface area contributed by atoms with Gasteiger partial charge >= 0.3 is 5.97 Å². The topological polar surface area (TPSA) is 83.5 Å². The van der Waals surface area contributed by atoms with Crippen LogP contribution in [-0.4, -0.2) is 25.0 Å². The van der Waals surface area contributed by atoms with E-state index >= 15 is 0 Å². The molecule has 0 unspecified atom stereocenters. The molecule has 19 heavy (non-hydrogen) atoms. The van der Waals surface area contributed by atoms with Crippen LogP contribution in [0.1, 0.15) is 48.2 Å². The maximum atomic E-state index is 12.3. The van der Waals surface area contributed by atoms with Crippen molar-refractivity contribution >= 4 is 27.3 Å². The van der Waals surface area contributed by atoms with Crippen LogP contribution in [0.2, 0.25) is 0 Å². The summed E-state index contributed by atoms with van der Waals surface area (Å²) in [5, 5.41) is 8.91. The highest BCUT2D eigenvalue weighted by Gasteiger charge is 2.30. The largest absolute Gasteiger partial charge is 0.477 e. The molecule has 0 bridgehead atoms. The molecule has 0 amide bonds. The summed E-state index contributed by atoms with van der Waals surface area (Å²) in [6.07, 6.45) is 1.33. The SMILES string of the molecule is CCC(C)(CC)NS(=O)(=O)c1cc(C(=O)O)sc1C. The van der Waals surface area contributed by atoms with Crippen LogP contribution in [0.5, 0.6) is 0 Å². The van der Waals surface area contributed by atoms with E-state index in [1.54, 1.807) is 6.92 Å². The number of sulfonamides is 1. The molecule has 1 rings (SSSR count). The third kappa shape index (κ3) is 3.55. The molecule has 1 heterocycles. The van der Waals surface area contributed by atoms with Crippen LogP contribution in [0.25, 0.3) is 0 Å². The van der Waals surface area contributed by atoms with Gasteiger partial charge in [-0.25, -0.2) is 17.9 Å². The number of hydrogen-bond acceptors (Lipinski definition) is 4. The normalized spacial score (nSPS) is 12.6. The molecular formula is C12H19NO4S2. The van der Waals surface area contributed by atoms with Gasteiger partial charge in [0.25, 0.3) is 0 Å². The number of rotatable bonds is 6. The first-order chi connectivity index (χ1) is 8.65. The third-order valence-electron chi connectivity index (χ3n) is 3.31. The predicted molar refractivity (Wildman–Crippen MR) is 75.3 cm³/mol. The summed E-state index contributed by atoms with van der Waals surface area (Å²) in [5.41, 5.74) is -0.517. The van der Waals surface area contributed by atoms with Crippen LogP contribution in [0.3, 0.4) is 0 Å². The second-order valence-electron chi connectivity index (χ2n) is 4.71. The molecule has 1 aromatic heterocycles. The van der Waals surface area contributed by atoms with Crippen LogP contribution < -0.4 is 4.72 Å². The zero-order valence-corrected chi connectivity index (χ0v) is 13.1. The van der Waals surface area contributed by atoms with E-state index < -0.39 is 21.5 Å². The second kappa shape index (κ2) is 5.60. The number of nitrogens with one attached hydrogen (secondary N) is 1. The van der Waals surface area contributed by atoms with Crippen molar-refractivity contribution in [3.05, 3.63) is 15.8 Å². The fourth-order valence-corrected chi connectivity index (χ4v) is 4.59. The van der Waals surface area contributed by atoms with Gasteiger partial charge in [-0.15, -0.1) is 11.3 Å². The maximum Gasteiger partial charge on any atom is 0.345 e. The second-order valence-corrected chi connectivity index (χ2v) is 7.62.